The van der Waals surface area contributed by atoms with Gasteiger partial charge in [-0.2, -0.15) is 5.10 Å². The Morgan fingerprint density at radius 2 is 1.50 bits per heavy atom. The van der Waals surface area contributed by atoms with Crippen LogP contribution in [0.5, 0.6) is 17.2 Å². The summed E-state index contributed by atoms with van der Waals surface area (Å²) in [5, 5.41) is 9.04. The molecule has 0 saturated heterocycles. The van der Waals surface area contributed by atoms with Gasteiger partial charge in [-0.3, -0.25) is 14.4 Å². The van der Waals surface area contributed by atoms with E-state index >= 15 is 0 Å². The average Bonchev–Trinajstić information content (AvgIpc) is 2.91. The molecule has 0 atom stereocenters. The van der Waals surface area contributed by atoms with Crippen LogP contribution in [0, 0.1) is 0 Å². The number of hydrogen-bond donors (Lipinski definition) is 3. The van der Waals surface area contributed by atoms with Crippen LogP contribution in [0.3, 0.4) is 0 Å². The summed E-state index contributed by atoms with van der Waals surface area (Å²) in [6.07, 6.45) is 1.36. The Morgan fingerprint density at radius 3 is 2.17 bits per heavy atom. The van der Waals surface area contributed by atoms with Gasteiger partial charge in [0.15, 0.2) is 6.61 Å². The van der Waals surface area contributed by atoms with Gasteiger partial charge in [0.1, 0.15) is 17.2 Å². The molecular weight excluding hydrogens is 464 g/mol. The third-order valence-corrected chi connectivity index (χ3v) is 4.80. The van der Waals surface area contributed by atoms with Gasteiger partial charge >= 0.3 is 11.8 Å². The number of benzene rings is 3. The minimum absolute atomic E-state index is 0.186. The van der Waals surface area contributed by atoms with Crippen molar-refractivity contribution in [3.63, 3.8) is 0 Å². The van der Waals surface area contributed by atoms with Gasteiger partial charge in [0.2, 0.25) is 0 Å². The number of nitrogens with zero attached hydrogens (tertiary/aromatic N) is 1. The van der Waals surface area contributed by atoms with Crippen molar-refractivity contribution >= 4 is 29.6 Å². The lowest BCUT2D eigenvalue weighted by Crippen LogP contribution is -2.37. The summed E-state index contributed by atoms with van der Waals surface area (Å²) in [4.78, 5) is 36.0. The van der Waals surface area contributed by atoms with Crippen LogP contribution in [0.1, 0.15) is 11.1 Å². The maximum Gasteiger partial charge on any atom is 0.329 e. The molecule has 0 unspecified atom stereocenters. The first-order chi connectivity index (χ1) is 17.5. The highest BCUT2D eigenvalue weighted by Gasteiger charge is 2.12. The van der Waals surface area contributed by atoms with Crippen LogP contribution in [0.25, 0.3) is 0 Å². The van der Waals surface area contributed by atoms with Crippen LogP contribution >= 0.6 is 0 Å². The summed E-state index contributed by atoms with van der Waals surface area (Å²) in [5.41, 5.74) is 4.21. The first-order valence-corrected chi connectivity index (χ1v) is 10.9. The molecule has 0 aromatic heterocycles. The van der Waals surface area contributed by atoms with E-state index in [1.807, 2.05) is 0 Å². The summed E-state index contributed by atoms with van der Waals surface area (Å²) in [6, 6.07) is 20.8. The molecule has 0 spiro atoms. The molecule has 0 fully saturated rings. The number of methoxy groups -OCH3 is 2. The molecule has 10 heteroatoms. The van der Waals surface area contributed by atoms with Crippen molar-refractivity contribution in [3.8, 4) is 17.2 Å². The molecule has 3 rings (SSSR count). The maximum absolute atomic E-state index is 12.1. The lowest BCUT2D eigenvalue weighted by atomic mass is 10.2. The number of nitrogens with one attached hydrogen (secondary N) is 3. The quantitative estimate of drug-likeness (QED) is 0.228. The van der Waals surface area contributed by atoms with Gasteiger partial charge in [0.25, 0.3) is 5.91 Å². The topological polar surface area (TPSA) is 127 Å². The van der Waals surface area contributed by atoms with Crippen LogP contribution in [0.4, 0.5) is 5.69 Å². The van der Waals surface area contributed by atoms with E-state index in [1.54, 1.807) is 87.0 Å². The Bertz CT molecular complexity index is 1210. The van der Waals surface area contributed by atoms with Crippen LogP contribution in [-0.2, 0) is 20.9 Å². The number of anilines is 1. The molecule has 0 heterocycles. The number of hydrazone groups is 1. The van der Waals surface area contributed by atoms with E-state index in [4.69, 9.17) is 14.2 Å². The molecule has 0 radical (unpaired) electrons. The third kappa shape index (κ3) is 8.17. The van der Waals surface area contributed by atoms with Crippen LogP contribution in [0.15, 0.2) is 77.9 Å². The van der Waals surface area contributed by atoms with E-state index in [2.05, 4.69) is 21.2 Å². The molecule has 3 aromatic rings. The van der Waals surface area contributed by atoms with Crippen molar-refractivity contribution < 1.29 is 28.6 Å². The SMILES string of the molecule is COc1ccc(CNC(=O)C(=O)N/N=C\c2cccc(OCC(=O)Nc3ccc(OC)cc3)c2)cc1. The highest BCUT2D eigenvalue weighted by molar-refractivity contribution is 6.35. The Morgan fingerprint density at radius 1 is 0.833 bits per heavy atom. The molecular formula is C26H26N4O6. The zero-order valence-corrected chi connectivity index (χ0v) is 19.8. The van der Waals surface area contributed by atoms with Gasteiger partial charge in [-0.05, 0) is 59.7 Å². The summed E-state index contributed by atoms with van der Waals surface area (Å²) in [6.45, 7) is -0.0108. The summed E-state index contributed by atoms with van der Waals surface area (Å²) >= 11 is 0. The molecule has 3 aromatic carbocycles. The van der Waals surface area contributed by atoms with E-state index in [0.717, 1.165) is 5.56 Å². The van der Waals surface area contributed by atoms with Crippen molar-refractivity contribution in [2.24, 2.45) is 5.10 Å². The van der Waals surface area contributed by atoms with Crippen LogP contribution < -0.4 is 30.3 Å². The number of amides is 3. The van der Waals surface area contributed by atoms with Gasteiger partial charge in [0, 0.05) is 12.2 Å². The summed E-state index contributed by atoms with van der Waals surface area (Å²) in [7, 11) is 3.13. The first kappa shape index (κ1) is 25.8. The number of carbonyl (C=O) groups is 3. The molecule has 0 aliphatic rings. The highest BCUT2D eigenvalue weighted by atomic mass is 16.5. The fourth-order valence-electron chi connectivity index (χ4n) is 2.93. The molecule has 186 valence electrons. The number of carbonyl (C=O) groups excluding carboxylic acids is 3. The smallest absolute Gasteiger partial charge is 0.329 e. The average molecular weight is 491 g/mol. The zero-order valence-electron chi connectivity index (χ0n) is 19.8. The second kappa shape index (κ2) is 13.1. The summed E-state index contributed by atoms with van der Waals surface area (Å²) in [5.74, 6) is -0.221. The highest BCUT2D eigenvalue weighted by Crippen LogP contribution is 2.16. The van der Waals surface area contributed by atoms with Gasteiger partial charge in [-0.25, -0.2) is 5.43 Å². The van der Waals surface area contributed by atoms with Crippen molar-refractivity contribution in [1.82, 2.24) is 10.7 Å². The van der Waals surface area contributed by atoms with Gasteiger partial charge in [-0.1, -0.05) is 24.3 Å². The number of rotatable bonds is 10. The number of ether oxygens (including phenoxy) is 3. The first-order valence-electron chi connectivity index (χ1n) is 10.9. The standard InChI is InChI=1S/C26H26N4O6/c1-34-21-10-6-18(7-11-21)15-27-25(32)26(33)30-28-16-19-4-3-5-23(14-19)36-17-24(31)29-20-8-12-22(35-2)13-9-20/h3-14,16H,15,17H2,1-2H3,(H,27,32)(H,29,31)(H,30,33)/b28-16-. The predicted molar refractivity (Wildman–Crippen MR) is 134 cm³/mol. The number of hydrogen-bond acceptors (Lipinski definition) is 7. The monoisotopic (exact) mass is 490 g/mol. The summed E-state index contributed by atoms with van der Waals surface area (Å²) < 4.78 is 15.7. The molecule has 0 saturated carbocycles. The largest absolute Gasteiger partial charge is 0.497 e. The molecule has 0 aliphatic heterocycles. The minimum atomic E-state index is -0.901. The Balaban J connectivity index is 1.42. The van der Waals surface area contributed by atoms with E-state index < -0.39 is 11.8 Å². The van der Waals surface area contributed by atoms with Crippen molar-refractivity contribution in [3.05, 3.63) is 83.9 Å². The molecule has 0 aliphatic carbocycles. The third-order valence-electron chi connectivity index (χ3n) is 4.80. The van der Waals surface area contributed by atoms with Crippen LogP contribution in [-0.4, -0.2) is 44.8 Å². The normalized spacial score (nSPS) is 10.4. The molecule has 10 nitrogen and oxygen atoms in total. The van der Waals surface area contributed by atoms with E-state index in [-0.39, 0.29) is 19.1 Å². The van der Waals surface area contributed by atoms with Crippen molar-refractivity contribution in [2.45, 2.75) is 6.54 Å². The second-order valence-corrected chi connectivity index (χ2v) is 7.37. The lowest BCUT2D eigenvalue weighted by molar-refractivity contribution is -0.139. The van der Waals surface area contributed by atoms with Crippen LogP contribution in [0.2, 0.25) is 0 Å². The van der Waals surface area contributed by atoms with Crippen molar-refractivity contribution in [2.75, 3.05) is 26.1 Å². The van der Waals surface area contributed by atoms with Gasteiger partial charge in [0.05, 0.1) is 20.4 Å². The fraction of sp³-hybridized carbons (Fsp3) is 0.154. The fourth-order valence-corrected chi connectivity index (χ4v) is 2.93. The predicted octanol–water partition coefficient (Wildman–Crippen LogP) is 2.49. The molecule has 0 bridgehead atoms. The van der Waals surface area contributed by atoms with Gasteiger partial charge in [-0.15, -0.1) is 0 Å². The van der Waals surface area contributed by atoms with Gasteiger partial charge < -0.3 is 24.8 Å². The zero-order chi connectivity index (χ0) is 25.8. The Hall–Kier alpha value is -4.86. The van der Waals surface area contributed by atoms with E-state index in [1.165, 1.54) is 6.21 Å². The minimum Gasteiger partial charge on any atom is -0.497 e. The Labute approximate surface area is 208 Å². The van der Waals surface area contributed by atoms with E-state index in [0.29, 0.717) is 28.5 Å². The van der Waals surface area contributed by atoms with E-state index in [9.17, 15) is 14.4 Å². The molecule has 3 amide bonds. The van der Waals surface area contributed by atoms with Crippen molar-refractivity contribution in [1.29, 1.82) is 0 Å². The second-order valence-electron chi connectivity index (χ2n) is 7.37. The molecule has 36 heavy (non-hydrogen) atoms. The maximum atomic E-state index is 12.1. The molecule has 3 N–H and O–H groups in total. The lowest BCUT2D eigenvalue weighted by Gasteiger charge is -2.08. The Kier molecular flexibility index (Phi) is 9.40.